The van der Waals surface area contributed by atoms with E-state index in [1.165, 1.54) is 49.8 Å². The first-order valence-electron chi connectivity index (χ1n) is 11.9. The number of amides is 1. The molecule has 36 heavy (non-hydrogen) atoms. The Kier molecular flexibility index (Phi) is 6.57. The third kappa shape index (κ3) is 4.75. The van der Waals surface area contributed by atoms with Crippen LogP contribution in [-0.2, 0) is 6.54 Å². The van der Waals surface area contributed by atoms with Gasteiger partial charge >= 0.3 is 0 Å². The van der Waals surface area contributed by atoms with Crippen LogP contribution in [0.2, 0.25) is 0 Å². The second kappa shape index (κ2) is 9.81. The Balaban J connectivity index is 1.51. The highest BCUT2D eigenvalue weighted by atomic mass is 19.1. The molecule has 1 atom stereocenters. The van der Waals surface area contributed by atoms with Gasteiger partial charge in [0.15, 0.2) is 0 Å². The van der Waals surface area contributed by atoms with Gasteiger partial charge in [0.05, 0.1) is 18.4 Å². The lowest BCUT2D eigenvalue weighted by Gasteiger charge is -2.28. The lowest BCUT2D eigenvalue weighted by Crippen LogP contribution is -2.42. The number of rotatable bonds is 6. The molecular weight excluding hydrogens is 469 g/mol. The van der Waals surface area contributed by atoms with E-state index in [1.54, 1.807) is 0 Å². The Bertz CT molecular complexity index is 1270. The molecule has 188 valence electrons. The van der Waals surface area contributed by atoms with E-state index >= 15 is 0 Å². The van der Waals surface area contributed by atoms with E-state index in [1.807, 2.05) is 0 Å². The predicted octanol–water partition coefficient (Wildman–Crippen LogP) is 4.44. The zero-order chi connectivity index (χ0) is 25.3. The zero-order valence-electron chi connectivity index (χ0n) is 19.9. The minimum absolute atomic E-state index is 0.0504. The van der Waals surface area contributed by atoms with Gasteiger partial charge < -0.3 is 20.3 Å². The van der Waals surface area contributed by atoms with Crippen molar-refractivity contribution in [1.29, 1.82) is 0 Å². The molecule has 2 aromatic carbocycles. The molecule has 0 bridgehead atoms. The summed E-state index contributed by atoms with van der Waals surface area (Å²) in [5.41, 5.74) is 1.80. The number of hydrogen-bond acceptors (Lipinski definition) is 5. The molecule has 2 aliphatic rings. The fourth-order valence-electron chi connectivity index (χ4n) is 5.25. The number of pyridine rings is 1. The molecule has 3 aromatic rings. The Morgan fingerprint density at radius 3 is 2.67 bits per heavy atom. The van der Waals surface area contributed by atoms with Crippen molar-refractivity contribution in [2.24, 2.45) is 0 Å². The van der Waals surface area contributed by atoms with E-state index in [0.717, 1.165) is 31.9 Å². The summed E-state index contributed by atoms with van der Waals surface area (Å²) in [4.78, 5) is 19.7. The first kappa shape index (κ1) is 24.1. The molecule has 0 saturated carbocycles. The van der Waals surface area contributed by atoms with E-state index in [4.69, 9.17) is 4.74 Å². The zero-order valence-corrected chi connectivity index (χ0v) is 19.9. The fraction of sp³-hybridized carbons (Fsp3) is 0.333. The molecular formula is C27H27F3N4O2. The van der Waals surface area contributed by atoms with Crippen molar-refractivity contribution in [1.82, 2.24) is 15.6 Å². The monoisotopic (exact) mass is 496 g/mol. The van der Waals surface area contributed by atoms with Crippen molar-refractivity contribution in [2.75, 3.05) is 31.6 Å². The fourth-order valence-corrected chi connectivity index (χ4v) is 5.25. The number of hydrogen-bond donors (Lipinski definition) is 2. The van der Waals surface area contributed by atoms with E-state index in [9.17, 15) is 18.0 Å². The van der Waals surface area contributed by atoms with Crippen LogP contribution in [0, 0.1) is 17.5 Å². The summed E-state index contributed by atoms with van der Waals surface area (Å²) in [7, 11) is 1.48. The topological polar surface area (TPSA) is 66.5 Å². The summed E-state index contributed by atoms with van der Waals surface area (Å²) in [5, 5.41) is 6.36. The van der Waals surface area contributed by atoms with Gasteiger partial charge in [0.25, 0.3) is 5.91 Å². The maximum atomic E-state index is 14.3. The summed E-state index contributed by atoms with van der Waals surface area (Å²) in [6.45, 7) is 2.20. The van der Waals surface area contributed by atoms with Crippen molar-refractivity contribution in [3.8, 4) is 16.9 Å². The van der Waals surface area contributed by atoms with Crippen LogP contribution >= 0.6 is 0 Å². The Hall–Kier alpha value is -3.59. The van der Waals surface area contributed by atoms with Crippen molar-refractivity contribution >= 4 is 11.6 Å². The number of ether oxygens (including phenoxy) is 1. The minimum atomic E-state index is -0.713. The van der Waals surface area contributed by atoms with Crippen LogP contribution in [0.5, 0.6) is 5.75 Å². The Morgan fingerprint density at radius 2 is 1.94 bits per heavy atom. The molecule has 2 aliphatic heterocycles. The molecule has 0 aliphatic carbocycles. The summed E-state index contributed by atoms with van der Waals surface area (Å²) < 4.78 is 47.7. The number of halogens is 3. The number of aromatic nitrogens is 1. The lowest BCUT2D eigenvalue weighted by molar-refractivity contribution is 0.0950. The Labute approximate surface area is 207 Å². The summed E-state index contributed by atoms with van der Waals surface area (Å²) in [5.74, 6) is -1.88. The second-order valence-corrected chi connectivity index (χ2v) is 9.36. The van der Waals surface area contributed by atoms with Gasteiger partial charge in [-0.05, 0) is 61.7 Å². The van der Waals surface area contributed by atoms with Crippen molar-refractivity contribution in [3.05, 3.63) is 77.4 Å². The first-order valence-corrected chi connectivity index (χ1v) is 11.9. The van der Waals surface area contributed by atoms with E-state index in [0.29, 0.717) is 35.7 Å². The van der Waals surface area contributed by atoms with Gasteiger partial charge in [0.1, 0.15) is 23.2 Å². The van der Waals surface area contributed by atoms with Crippen LogP contribution in [0.3, 0.4) is 0 Å². The molecule has 1 amide bonds. The SMILES string of the molecule is COc1ccc(F)c(CNC(=O)c2cncc(-c3cc(F)cc(F)c3)c2N2CCC3(CCCN3)C2)c1. The van der Waals surface area contributed by atoms with E-state index in [2.05, 4.69) is 20.5 Å². The normalized spacial score (nSPS) is 19.2. The van der Waals surface area contributed by atoms with Gasteiger partial charge in [-0.1, -0.05) is 0 Å². The van der Waals surface area contributed by atoms with Crippen LogP contribution < -0.4 is 20.3 Å². The van der Waals surface area contributed by atoms with Crippen molar-refractivity contribution in [3.63, 3.8) is 0 Å². The van der Waals surface area contributed by atoms with Gasteiger partial charge in [-0.25, -0.2) is 13.2 Å². The second-order valence-electron chi connectivity index (χ2n) is 9.36. The minimum Gasteiger partial charge on any atom is -0.497 e. The number of anilines is 1. The number of carbonyl (C=O) groups is 1. The predicted molar refractivity (Wildman–Crippen MR) is 131 cm³/mol. The molecule has 2 fully saturated rings. The third-order valence-corrected chi connectivity index (χ3v) is 7.03. The maximum Gasteiger partial charge on any atom is 0.255 e. The molecule has 2 N–H and O–H groups in total. The highest BCUT2D eigenvalue weighted by Crippen LogP contribution is 2.40. The highest BCUT2D eigenvalue weighted by molar-refractivity contribution is 6.03. The van der Waals surface area contributed by atoms with Crippen molar-refractivity contribution in [2.45, 2.75) is 31.3 Å². The van der Waals surface area contributed by atoms with Gasteiger partial charge in [0, 0.05) is 54.8 Å². The molecule has 5 rings (SSSR count). The number of carbonyl (C=O) groups excluding carboxylic acids is 1. The molecule has 3 heterocycles. The number of benzene rings is 2. The molecule has 1 unspecified atom stereocenters. The number of methoxy groups -OCH3 is 1. The number of nitrogens with one attached hydrogen (secondary N) is 2. The van der Waals surface area contributed by atoms with Gasteiger partial charge in [-0.15, -0.1) is 0 Å². The van der Waals surface area contributed by atoms with Gasteiger partial charge in [-0.3, -0.25) is 9.78 Å². The Morgan fingerprint density at radius 1 is 1.14 bits per heavy atom. The summed E-state index contributed by atoms with van der Waals surface area (Å²) >= 11 is 0. The van der Waals surface area contributed by atoms with E-state index < -0.39 is 23.4 Å². The lowest BCUT2D eigenvalue weighted by atomic mass is 9.96. The van der Waals surface area contributed by atoms with Crippen LogP contribution in [0.1, 0.15) is 35.2 Å². The maximum absolute atomic E-state index is 14.3. The molecule has 9 heteroatoms. The molecule has 6 nitrogen and oxygen atoms in total. The summed E-state index contributed by atoms with van der Waals surface area (Å²) in [6.07, 6.45) is 5.96. The average molecular weight is 497 g/mol. The first-order chi connectivity index (χ1) is 17.4. The molecule has 1 spiro atoms. The third-order valence-electron chi connectivity index (χ3n) is 7.03. The quantitative estimate of drug-likeness (QED) is 0.529. The summed E-state index contributed by atoms with van der Waals surface area (Å²) in [6, 6.07) is 7.59. The average Bonchev–Trinajstić information content (AvgIpc) is 3.51. The smallest absolute Gasteiger partial charge is 0.255 e. The standard InChI is InChI=1S/C27H27F3N4O2/c1-36-21-3-4-24(30)18(11-21)13-32-26(35)23-15-31-14-22(17-9-19(28)12-20(29)10-17)25(23)34-8-6-27(16-34)5-2-7-33-27/h3-4,9-12,14-15,33H,2,5-8,13,16H2,1H3,(H,32,35). The molecule has 1 aromatic heterocycles. The number of nitrogens with zero attached hydrogens (tertiary/aromatic N) is 2. The highest BCUT2D eigenvalue weighted by Gasteiger charge is 2.41. The van der Waals surface area contributed by atoms with Crippen LogP contribution in [0.15, 0.2) is 48.8 Å². The van der Waals surface area contributed by atoms with Gasteiger partial charge in [-0.2, -0.15) is 0 Å². The van der Waals surface area contributed by atoms with E-state index in [-0.39, 0.29) is 23.2 Å². The molecule has 2 saturated heterocycles. The molecule has 0 radical (unpaired) electrons. The van der Waals surface area contributed by atoms with Crippen LogP contribution in [0.4, 0.5) is 18.9 Å². The largest absolute Gasteiger partial charge is 0.497 e. The van der Waals surface area contributed by atoms with Gasteiger partial charge in [0.2, 0.25) is 0 Å². The van der Waals surface area contributed by atoms with Crippen LogP contribution in [0.25, 0.3) is 11.1 Å². The van der Waals surface area contributed by atoms with Crippen LogP contribution in [-0.4, -0.2) is 43.2 Å². The van der Waals surface area contributed by atoms with Crippen molar-refractivity contribution < 1.29 is 22.7 Å².